The molecule has 0 radical (unpaired) electrons. The van der Waals surface area contributed by atoms with Gasteiger partial charge in [0.2, 0.25) is 5.52 Å². The van der Waals surface area contributed by atoms with E-state index in [1.807, 2.05) is 21.1 Å². The lowest BCUT2D eigenvalue weighted by atomic mass is 10.1. The Balaban J connectivity index is 1.60. The van der Waals surface area contributed by atoms with Crippen LogP contribution in [0.25, 0.3) is 11.0 Å². The molecule has 0 saturated heterocycles. The number of allylic oxidation sites excluding steroid dienone is 2. The number of hydrogen-bond acceptors (Lipinski definition) is 13. The average molecular weight is 884 g/mol. The molecule has 1 aromatic carbocycles. The molecule has 1 unspecified atom stereocenters. The van der Waals surface area contributed by atoms with E-state index < -0.39 is 32.8 Å². The van der Waals surface area contributed by atoms with Gasteiger partial charge in [0.1, 0.15) is 26.4 Å². The van der Waals surface area contributed by atoms with Gasteiger partial charge in [-0.25, -0.2) is 9.84 Å². The number of aromatic nitrogens is 2. The summed E-state index contributed by atoms with van der Waals surface area (Å²) in [6.07, 6.45) is 28.0. The number of anilines is 1. The van der Waals surface area contributed by atoms with Crippen molar-refractivity contribution in [3.05, 3.63) is 29.2 Å². The summed E-state index contributed by atoms with van der Waals surface area (Å²) in [7, 11) is 1.38. The van der Waals surface area contributed by atoms with E-state index in [0.717, 1.165) is 90.0 Å². The molecule has 16 nitrogen and oxygen atoms in total. The van der Waals surface area contributed by atoms with E-state index in [9.17, 15) is 29.5 Å². The van der Waals surface area contributed by atoms with Gasteiger partial charge >= 0.3 is 25.8 Å². The molecular formula is C44H78N5O11P+2. The van der Waals surface area contributed by atoms with Gasteiger partial charge in [-0.05, 0) is 61.3 Å². The number of benzene rings is 1. The standard InChI is InChI=1S/C44H77N5O11P/c1-5-6-7-8-9-10-11-12-13-14-15-17-20-23-26-29-41(50)56-36-38(37-58-61(54,55)57-35-34-49(2,3)4)59-42(51)30-27-24-21-18-16-19-22-25-28-33-45-39-31-32-40(48(52)53)44-43(39)46-60-47-44/h12-13,31-32,38H,5-11,14-30,33-37H2,1-4H3,(H2-,45,47,52,53,54,55)/q+1/p+1/b13-12-/t38-/m1/s1. The molecule has 1 aromatic heterocycles. The van der Waals surface area contributed by atoms with Crippen LogP contribution in [0, 0.1) is 4.91 Å². The number of rotatable bonds is 39. The van der Waals surface area contributed by atoms with Gasteiger partial charge in [0, 0.05) is 25.5 Å². The van der Waals surface area contributed by atoms with Crippen molar-refractivity contribution in [2.75, 3.05) is 59.4 Å². The monoisotopic (exact) mass is 884 g/mol. The van der Waals surface area contributed by atoms with Crippen molar-refractivity contribution >= 4 is 42.5 Å². The van der Waals surface area contributed by atoms with Gasteiger partial charge in [-0.1, -0.05) is 115 Å². The Morgan fingerprint density at radius 2 is 1.33 bits per heavy atom. The van der Waals surface area contributed by atoms with Crippen molar-refractivity contribution in [2.45, 2.75) is 167 Å². The van der Waals surface area contributed by atoms with Crippen LogP contribution in [0.1, 0.15) is 161 Å². The molecule has 17 heteroatoms. The maximum Gasteiger partial charge on any atom is 0.377 e. The van der Waals surface area contributed by atoms with E-state index in [0.29, 0.717) is 35.1 Å². The lowest BCUT2D eigenvalue weighted by Crippen LogP contribution is -2.38. The van der Waals surface area contributed by atoms with Crippen molar-refractivity contribution in [3.8, 4) is 0 Å². The molecular weight excluding hydrogens is 805 g/mol. The van der Waals surface area contributed by atoms with Crippen LogP contribution in [-0.2, 0) is 28.1 Å². The number of ether oxygens (including phenoxy) is 2. The molecule has 2 rings (SSSR count). The summed E-state index contributed by atoms with van der Waals surface area (Å²) in [6, 6.07) is 3.12. The number of carbonyl (C=O) groups is 2. The first kappa shape index (κ1) is 53.9. The maximum atomic E-state index is 12.7. The molecule has 2 atom stereocenters. The largest absolute Gasteiger partial charge is 0.606 e. The number of carbonyl (C=O) groups excluding carboxylic acids is 2. The maximum absolute atomic E-state index is 12.7. The fourth-order valence-electron chi connectivity index (χ4n) is 6.61. The molecule has 0 aliphatic heterocycles. The zero-order valence-electron chi connectivity index (χ0n) is 37.7. The average Bonchev–Trinajstić information content (AvgIpc) is 3.70. The number of esters is 2. The molecule has 0 fully saturated rings. The highest BCUT2D eigenvalue weighted by atomic mass is 31.2. The minimum Gasteiger partial charge on any atom is -0.606 e. The van der Waals surface area contributed by atoms with Crippen molar-refractivity contribution < 1.29 is 57.1 Å². The van der Waals surface area contributed by atoms with E-state index in [4.69, 9.17) is 23.2 Å². The summed E-state index contributed by atoms with van der Waals surface area (Å²) in [5.41, 5.74) is 1.24. The van der Waals surface area contributed by atoms with Gasteiger partial charge in [-0.15, -0.1) is 0 Å². The zero-order valence-corrected chi connectivity index (χ0v) is 38.6. The SMILES string of the molecule is CCCCCCCC/C=C\CCCCCCCC(=O)OC[C@H](CO[P+]([O-])(O)OCC[N+](C)(C)C)OC(=O)CCCCCCCCCCCNc1ccc([N+](=O)O)c2nonc12. The molecule has 0 spiro atoms. The number of nitrogens with one attached hydrogen (secondary N) is 1. The second kappa shape index (κ2) is 32.4. The van der Waals surface area contributed by atoms with Crippen molar-refractivity contribution in [1.82, 2.24) is 10.3 Å². The van der Waals surface area contributed by atoms with Gasteiger partial charge in [0.15, 0.2) is 11.6 Å². The summed E-state index contributed by atoms with van der Waals surface area (Å²) in [6.45, 7) is 2.74. The van der Waals surface area contributed by atoms with E-state index in [2.05, 4.69) is 34.7 Å². The first-order valence-corrected chi connectivity index (χ1v) is 24.4. The lowest BCUT2D eigenvalue weighted by Gasteiger charge is -2.26. The van der Waals surface area contributed by atoms with Crippen LogP contribution in [0.4, 0.5) is 11.4 Å². The fraction of sp³-hybridized carbons (Fsp3) is 0.773. The Bertz CT molecular complexity index is 1520. The number of nitrogens with zero attached hydrogens (tertiary/aromatic N) is 4. The third-order valence-corrected chi connectivity index (χ3v) is 11.3. The number of fused-ring (bicyclic) bond motifs is 1. The Kier molecular flexibility index (Phi) is 28.6. The molecule has 0 saturated carbocycles. The second-order valence-corrected chi connectivity index (χ2v) is 18.4. The van der Waals surface area contributed by atoms with Crippen molar-refractivity contribution in [3.63, 3.8) is 0 Å². The minimum absolute atomic E-state index is 0.00409. The van der Waals surface area contributed by atoms with Gasteiger partial charge in [-0.3, -0.25) is 9.59 Å². The van der Waals surface area contributed by atoms with Crippen molar-refractivity contribution in [2.24, 2.45) is 0 Å². The molecule has 0 aliphatic rings. The first-order valence-electron chi connectivity index (χ1n) is 22.9. The van der Waals surface area contributed by atoms with Crippen LogP contribution in [0.15, 0.2) is 28.9 Å². The predicted octanol–water partition coefficient (Wildman–Crippen LogP) is 9.60. The summed E-state index contributed by atoms with van der Waals surface area (Å²) in [5.74, 6) is -0.885. The summed E-state index contributed by atoms with van der Waals surface area (Å²) in [4.78, 5) is 59.0. The molecule has 0 aliphatic carbocycles. The lowest BCUT2D eigenvalue weighted by molar-refractivity contribution is -0.870. The molecule has 61 heavy (non-hydrogen) atoms. The van der Waals surface area contributed by atoms with E-state index in [1.54, 1.807) is 6.07 Å². The third-order valence-electron chi connectivity index (χ3n) is 10.3. The zero-order chi connectivity index (χ0) is 44.6. The Labute approximate surface area is 364 Å². The molecule has 348 valence electrons. The second-order valence-electron chi connectivity index (χ2n) is 17.0. The smallest absolute Gasteiger partial charge is 0.377 e. The Hall–Kier alpha value is -3.27. The van der Waals surface area contributed by atoms with Crippen molar-refractivity contribution in [1.29, 1.82) is 0 Å². The topological polar surface area (TPSA) is 206 Å². The number of phosphoric acid groups is 1. The van der Waals surface area contributed by atoms with Crippen LogP contribution in [0.2, 0.25) is 0 Å². The van der Waals surface area contributed by atoms with Crippen LogP contribution in [-0.4, -0.2) is 102 Å². The number of quaternary nitrogens is 1. The first-order chi connectivity index (χ1) is 29.3. The highest BCUT2D eigenvalue weighted by molar-refractivity contribution is 7.52. The highest BCUT2D eigenvalue weighted by Crippen LogP contribution is 2.47. The van der Waals surface area contributed by atoms with E-state index in [1.165, 1.54) is 51.0 Å². The Morgan fingerprint density at radius 1 is 0.787 bits per heavy atom. The summed E-state index contributed by atoms with van der Waals surface area (Å²) >= 11 is 0. The van der Waals surface area contributed by atoms with Gasteiger partial charge < -0.3 is 24.2 Å². The van der Waals surface area contributed by atoms with E-state index >= 15 is 0 Å². The molecule has 1 heterocycles. The summed E-state index contributed by atoms with van der Waals surface area (Å²) < 4.78 is 26.5. The predicted molar refractivity (Wildman–Crippen MR) is 236 cm³/mol. The quantitative estimate of drug-likeness (QED) is 0.0143. The van der Waals surface area contributed by atoms with Gasteiger partial charge in [0.25, 0.3) is 4.92 Å². The Morgan fingerprint density at radius 3 is 1.92 bits per heavy atom. The number of phosphoric ester groups is 1. The fourth-order valence-corrected chi connectivity index (χ4v) is 7.35. The van der Waals surface area contributed by atoms with Crippen LogP contribution in [0.3, 0.4) is 0 Å². The van der Waals surface area contributed by atoms with Crippen LogP contribution >= 0.6 is 8.17 Å². The highest BCUT2D eigenvalue weighted by Gasteiger charge is 2.31. The summed E-state index contributed by atoms with van der Waals surface area (Å²) in [5, 5.41) is 20.0. The number of likely N-dealkylation sites (N-methyl/N-ethyl adjacent to an activating group) is 1. The van der Waals surface area contributed by atoms with Gasteiger partial charge in [-0.2, -0.15) is 13.9 Å². The minimum atomic E-state index is -4.41. The normalized spacial score (nSPS) is 13.4. The molecule has 0 bridgehead atoms. The molecule has 0 amide bonds. The number of hydrogen-bond donors (Lipinski definition) is 3. The molecule has 2 aromatic rings. The molecule has 3 N–H and O–H groups in total. The van der Waals surface area contributed by atoms with Crippen LogP contribution < -0.4 is 10.2 Å². The van der Waals surface area contributed by atoms with E-state index in [-0.39, 0.29) is 42.2 Å². The van der Waals surface area contributed by atoms with Crippen LogP contribution in [0.5, 0.6) is 0 Å². The third kappa shape index (κ3) is 27.4. The van der Waals surface area contributed by atoms with Gasteiger partial charge in [0.05, 0.1) is 31.7 Å². The number of unbranched alkanes of at least 4 members (excludes halogenated alkanes) is 19.